The van der Waals surface area contributed by atoms with Crippen LogP contribution in [-0.2, 0) is 9.53 Å². The number of aromatic hydroxyl groups is 1. The number of methoxy groups -OCH3 is 1. The molecule has 1 aromatic carbocycles. The van der Waals surface area contributed by atoms with Crippen molar-refractivity contribution in [2.45, 2.75) is 6.92 Å². The fourth-order valence-electron chi connectivity index (χ4n) is 1.57. The van der Waals surface area contributed by atoms with Gasteiger partial charge in [-0.1, -0.05) is 6.07 Å². The van der Waals surface area contributed by atoms with Gasteiger partial charge < -0.3 is 14.7 Å². The van der Waals surface area contributed by atoms with E-state index in [0.29, 0.717) is 0 Å². The minimum atomic E-state index is -0.789. The molecule has 20 heavy (non-hydrogen) atoms. The summed E-state index contributed by atoms with van der Waals surface area (Å²) in [6, 6.07) is 3.63. The Hall–Kier alpha value is -2.64. The number of esters is 1. The van der Waals surface area contributed by atoms with Gasteiger partial charge in [-0.05, 0) is 13.0 Å². The van der Waals surface area contributed by atoms with Gasteiger partial charge in [0.05, 0.1) is 17.6 Å². The maximum Gasteiger partial charge on any atom is 0.325 e. The molecule has 1 N–H and O–H groups in total. The fourth-order valence-corrected chi connectivity index (χ4v) is 1.57. The fraction of sp³-hybridized carbons (Fsp3) is 0.333. The van der Waals surface area contributed by atoms with Crippen LogP contribution < -0.4 is 0 Å². The lowest BCUT2D eigenvalue weighted by molar-refractivity contribution is -0.385. The first-order valence-electron chi connectivity index (χ1n) is 5.74. The van der Waals surface area contributed by atoms with Crippen LogP contribution in [0.2, 0.25) is 0 Å². The molecule has 0 aliphatic carbocycles. The molecular weight excluding hydrogens is 268 g/mol. The van der Waals surface area contributed by atoms with Crippen molar-refractivity contribution in [1.29, 1.82) is 0 Å². The van der Waals surface area contributed by atoms with E-state index >= 15 is 0 Å². The highest BCUT2D eigenvalue weighted by molar-refractivity contribution is 5.99. The number of para-hydroxylation sites is 1. The number of ether oxygens (including phenoxy) is 1. The molecule has 0 heterocycles. The number of carbonyl (C=O) groups excluding carboxylic acids is 2. The highest BCUT2D eigenvalue weighted by atomic mass is 16.6. The number of nitro groups is 1. The van der Waals surface area contributed by atoms with E-state index < -0.39 is 28.2 Å². The third-order valence-corrected chi connectivity index (χ3v) is 2.66. The Morgan fingerprint density at radius 1 is 1.45 bits per heavy atom. The maximum absolute atomic E-state index is 12.2. The molecule has 1 aromatic rings. The van der Waals surface area contributed by atoms with E-state index in [-0.39, 0.29) is 18.7 Å². The monoisotopic (exact) mass is 282 g/mol. The number of benzene rings is 1. The number of nitro benzene ring substituents is 1. The molecule has 0 bridgehead atoms. The lowest BCUT2D eigenvalue weighted by atomic mass is 10.1. The predicted octanol–water partition coefficient (Wildman–Crippen LogP) is 0.935. The first-order chi connectivity index (χ1) is 9.42. The normalized spacial score (nSPS) is 9.90. The first-order valence-corrected chi connectivity index (χ1v) is 5.74. The SMILES string of the molecule is CCN(CC(=O)OC)C(=O)c1cccc([N+](=O)[O-])c1O. The summed E-state index contributed by atoms with van der Waals surface area (Å²) in [5.74, 6) is -2.02. The maximum atomic E-state index is 12.2. The summed E-state index contributed by atoms with van der Waals surface area (Å²) in [5, 5.41) is 20.5. The molecule has 0 radical (unpaired) electrons. The third-order valence-electron chi connectivity index (χ3n) is 2.66. The number of phenols is 1. The molecule has 0 unspecified atom stereocenters. The summed E-state index contributed by atoms with van der Waals surface area (Å²) in [5.41, 5.74) is -0.796. The molecule has 0 saturated carbocycles. The Morgan fingerprint density at radius 3 is 2.60 bits per heavy atom. The third kappa shape index (κ3) is 3.22. The molecular formula is C12H14N2O6. The zero-order chi connectivity index (χ0) is 15.3. The van der Waals surface area contributed by atoms with E-state index in [1.807, 2.05) is 0 Å². The van der Waals surface area contributed by atoms with Crippen LogP contribution in [0.25, 0.3) is 0 Å². The van der Waals surface area contributed by atoms with Crippen LogP contribution in [0.4, 0.5) is 5.69 Å². The van der Waals surface area contributed by atoms with E-state index in [1.54, 1.807) is 6.92 Å². The number of nitrogens with zero attached hydrogens (tertiary/aromatic N) is 2. The molecule has 0 aliphatic heterocycles. The first kappa shape index (κ1) is 15.4. The zero-order valence-corrected chi connectivity index (χ0v) is 11.0. The van der Waals surface area contributed by atoms with E-state index in [4.69, 9.17) is 0 Å². The van der Waals surface area contributed by atoms with Crippen LogP contribution in [0, 0.1) is 10.1 Å². The second-order valence-electron chi connectivity index (χ2n) is 3.83. The standard InChI is InChI=1S/C12H14N2O6/c1-3-13(7-10(15)20-2)12(17)8-5-4-6-9(11(8)16)14(18)19/h4-6,16H,3,7H2,1-2H3. The number of hydrogen-bond acceptors (Lipinski definition) is 6. The van der Waals surface area contributed by atoms with Crippen molar-refractivity contribution in [2.24, 2.45) is 0 Å². The van der Waals surface area contributed by atoms with E-state index in [0.717, 1.165) is 11.0 Å². The molecule has 108 valence electrons. The van der Waals surface area contributed by atoms with Gasteiger partial charge in [-0.2, -0.15) is 0 Å². The number of phenolic OH excluding ortho intramolecular Hbond substituents is 1. The van der Waals surface area contributed by atoms with Gasteiger partial charge in [-0.25, -0.2) is 0 Å². The van der Waals surface area contributed by atoms with Crippen LogP contribution in [0.15, 0.2) is 18.2 Å². The predicted molar refractivity (Wildman–Crippen MR) is 68.4 cm³/mol. The molecule has 0 aromatic heterocycles. The summed E-state index contributed by atoms with van der Waals surface area (Å²) in [6.45, 7) is 1.53. The van der Waals surface area contributed by atoms with Gasteiger partial charge >= 0.3 is 11.7 Å². The highest BCUT2D eigenvalue weighted by Gasteiger charge is 2.25. The minimum absolute atomic E-state index is 0.191. The second-order valence-corrected chi connectivity index (χ2v) is 3.83. The smallest absolute Gasteiger partial charge is 0.325 e. The van der Waals surface area contributed by atoms with Crippen molar-refractivity contribution in [3.63, 3.8) is 0 Å². The van der Waals surface area contributed by atoms with Gasteiger partial charge in [0.25, 0.3) is 5.91 Å². The van der Waals surface area contributed by atoms with Gasteiger partial charge in [0.1, 0.15) is 6.54 Å². The van der Waals surface area contributed by atoms with Gasteiger partial charge in [0.15, 0.2) is 0 Å². The summed E-state index contributed by atoms with van der Waals surface area (Å²) < 4.78 is 4.46. The molecule has 1 rings (SSSR count). The average Bonchev–Trinajstić information content (AvgIpc) is 2.43. The summed E-state index contributed by atoms with van der Waals surface area (Å²) in [7, 11) is 1.19. The van der Waals surface area contributed by atoms with Gasteiger partial charge in [0.2, 0.25) is 5.75 Å². The second kappa shape index (κ2) is 6.50. The average molecular weight is 282 g/mol. The van der Waals surface area contributed by atoms with Crippen LogP contribution >= 0.6 is 0 Å². The number of hydrogen-bond donors (Lipinski definition) is 1. The molecule has 8 heteroatoms. The topological polar surface area (TPSA) is 110 Å². The summed E-state index contributed by atoms with van der Waals surface area (Å²) in [4.78, 5) is 34.4. The number of amides is 1. The quantitative estimate of drug-likeness (QED) is 0.489. The molecule has 1 amide bonds. The van der Waals surface area contributed by atoms with Crippen LogP contribution in [0.3, 0.4) is 0 Å². The Morgan fingerprint density at radius 2 is 2.10 bits per heavy atom. The van der Waals surface area contributed by atoms with Crippen molar-refractivity contribution < 1.29 is 24.4 Å². The largest absolute Gasteiger partial charge is 0.502 e. The van der Waals surface area contributed by atoms with Crippen molar-refractivity contribution in [3.05, 3.63) is 33.9 Å². The molecule has 8 nitrogen and oxygen atoms in total. The summed E-state index contributed by atoms with van der Waals surface area (Å²) in [6.07, 6.45) is 0. The van der Waals surface area contributed by atoms with Crippen LogP contribution in [0.5, 0.6) is 5.75 Å². The number of rotatable bonds is 5. The lowest BCUT2D eigenvalue weighted by Gasteiger charge is -2.19. The van der Waals surface area contributed by atoms with Crippen LogP contribution in [-0.4, -0.2) is 47.0 Å². The number of carbonyl (C=O) groups is 2. The minimum Gasteiger partial charge on any atom is -0.502 e. The van der Waals surface area contributed by atoms with Gasteiger partial charge in [-0.3, -0.25) is 19.7 Å². The Labute approximate surface area is 114 Å². The zero-order valence-electron chi connectivity index (χ0n) is 11.0. The van der Waals surface area contributed by atoms with Crippen molar-refractivity contribution >= 4 is 17.6 Å². The molecule has 0 fully saturated rings. The Balaban J connectivity index is 3.10. The van der Waals surface area contributed by atoms with E-state index in [9.17, 15) is 24.8 Å². The lowest BCUT2D eigenvalue weighted by Crippen LogP contribution is -2.36. The van der Waals surface area contributed by atoms with Crippen LogP contribution in [0.1, 0.15) is 17.3 Å². The van der Waals surface area contributed by atoms with E-state index in [1.165, 1.54) is 19.2 Å². The van der Waals surface area contributed by atoms with Crippen molar-refractivity contribution in [2.75, 3.05) is 20.2 Å². The van der Waals surface area contributed by atoms with E-state index in [2.05, 4.69) is 4.74 Å². The molecule has 0 atom stereocenters. The highest BCUT2D eigenvalue weighted by Crippen LogP contribution is 2.30. The summed E-state index contributed by atoms with van der Waals surface area (Å²) >= 11 is 0. The number of likely N-dealkylation sites (N-methyl/N-ethyl adjacent to an activating group) is 1. The molecule has 0 aliphatic rings. The van der Waals surface area contributed by atoms with Gasteiger partial charge in [0, 0.05) is 12.6 Å². The van der Waals surface area contributed by atoms with Crippen molar-refractivity contribution in [1.82, 2.24) is 4.90 Å². The molecule has 0 spiro atoms. The van der Waals surface area contributed by atoms with Gasteiger partial charge in [-0.15, -0.1) is 0 Å². The Kier molecular flexibility index (Phi) is 5.01. The van der Waals surface area contributed by atoms with Crippen molar-refractivity contribution in [3.8, 4) is 5.75 Å². The molecule has 0 saturated heterocycles. The Bertz CT molecular complexity index is 543.